The van der Waals surface area contributed by atoms with Crippen molar-refractivity contribution in [2.24, 2.45) is 0 Å². The van der Waals surface area contributed by atoms with E-state index in [-0.39, 0.29) is 11.3 Å². The molecule has 1 rings (SSSR count). The minimum absolute atomic E-state index is 0.0991. The van der Waals surface area contributed by atoms with Gasteiger partial charge < -0.3 is 5.32 Å². The fourth-order valence-electron chi connectivity index (χ4n) is 1.22. The SMILES string of the molecule is [CH2]C(=O)Nc1cccc(C(C)(C)C)c1. The van der Waals surface area contributed by atoms with Crippen LogP contribution in [0, 0.1) is 6.92 Å². The summed E-state index contributed by atoms with van der Waals surface area (Å²) in [5.74, 6) is -0.281. The second-order valence-corrected chi connectivity index (χ2v) is 4.38. The zero-order valence-electron chi connectivity index (χ0n) is 8.92. The average molecular weight is 190 g/mol. The Morgan fingerprint density at radius 1 is 1.36 bits per heavy atom. The number of amides is 1. The third-order valence-corrected chi connectivity index (χ3v) is 2.01. The van der Waals surface area contributed by atoms with Gasteiger partial charge in [-0.05, 0) is 23.1 Å². The van der Waals surface area contributed by atoms with E-state index in [1.165, 1.54) is 5.56 Å². The minimum Gasteiger partial charge on any atom is -0.326 e. The fraction of sp³-hybridized carbons (Fsp3) is 0.333. The van der Waals surface area contributed by atoms with Gasteiger partial charge in [-0.2, -0.15) is 0 Å². The van der Waals surface area contributed by atoms with Gasteiger partial charge in [0, 0.05) is 12.6 Å². The summed E-state index contributed by atoms with van der Waals surface area (Å²) >= 11 is 0. The number of nitrogens with one attached hydrogen (secondary N) is 1. The normalized spacial score (nSPS) is 11.1. The van der Waals surface area contributed by atoms with E-state index >= 15 is 0 Å². The van der Waals surface area contributed by atoms with Crippen LogP contribution in [0.4, 0.5) is 5.69 Å². The number of carbonyl (C=O) groups excluding carboxylic acids is 1. The fourth-order valence-corrected chi connectivity index (χ4v) is 1.22. The lowest BCUT2D eigenvalue weighted by molar-refractivity contribution is -0.112. The van der Waals surface area contributed by atoms with E-state index < -0.39 is 0 Å². The molecule has 14 heavy (non-hydrogen) atoms. The van der Waals surface area contributed by atoms with E-state index in [0.717, 1.165) is 5.69 Å². The van der Waals surface area contributed by atoms with Crippen molar-refractivity contribution in [1.29, 1.82) is 0 Å². The molecular formula is C12H16NO. The molecule has 0 atom stereocenters. The third kappa shape index (κ3) is 2.87. The maximum atomic E-state index is 10.8. The molecule has 2 heteroatoms. The molecule has 0 saturated heterocycles. The standard InChI is InChI=1S/C12H16NO/c1-9(14)13-11-7-5-6-10(8-11)12(2,3)4/h5-8H,1H2,2-4H3,(H,13,14). The van der Waals surface area contributed by atoms with E-state index in [1.807, 2.05) is 18.2 Å². The maximum absolute atomic E-state index is 10.8. The van der Waals surface area contributed by atoms with Gasteiger partial charge in [0.1, 0.15) is 0 Å². The molecule has 0 fully saturated rings. The highest BCUT2D eigenvalue weighted by Gasteiger charge is 2.13. The molecule has 0 aliphatic rings. The molecule has 1 aromatic carbocycles. The van der Waals surface area contributed by atoms with Crippen LogP contribution in [-0.4, -0.2) is 5.91 Å². The topological polar surface area (TPSA) is 29.1 Å². The first-order valence-electron chi connectivity index (χ1n) is 4.63. The van der Waals surface area contributed by atoms with Gasteiger partial charge in [0.15, 0.2) is 0 Å². The molecule has 0 aliphatic carbocycles. The van der Waals surface area contributed by atoms with Crippen molar-refractivity contribution in [2.75, 3.05) is 5.32 Å². The summed E-state index contributed by atoms with van der Waals surface area (Å²) in [5.41, 5.74) is 2.10. The molecule has 0 saturated carbocycles. The first kappa shape index (κ1) is 10.8. The van der Waals surface area contributed by atoms with Crippen molar-refractivity contribution in [2.45, 2.75) is 26.2 Å². The van der Waals surface area contributed by atoms with Crippen LogP contribution in [0.5, 0.6) is 0 Å². The Morgan fingerprint density at radius 3 is 2.50 bits per heavy atom. The number of rotatable bonds is 1. The number of hydrogen-bond acceptors (Lipinski definition) is 1. The summed E-state index contributed by atoms with van der Waals surface area (Å²) < 4.78 is 0. The summed E-state index contributed by atoms with van der Waals surface area (Å²) in [5, 5.41) is 2.67. The molecule has 1 radical (unpaired) electrons. The second kappa shape index (κ2) is 3.82. The van der Waals surface area contributed by atoms with Crippen LogP contribution in [0.1, 0.15) is 26.3 Å². The van der Waals surface area contributed by atoms with Gasteiger partial charge in [0.05, 0.1) is 0 Å². The van der Waals surface area contributed by atoms with E-state index in [1.54, 1.807) is 0 Å². The average Bonchev–Trinajstić information content (AvgIpc) is 2.01. The number of hydrogen-bond donors (Lipinski definition) is 1. The Labute approximate surface area is 85.3 Å². The van der Waals surface area contributed by atoms with Crippen molar-refractivity contribution < 1.29 is 4.79 Å². The largest absolute Gasteiger partial charge is 0.326 e. The molecule has 75 valence electrons. The molecular weight excluding hydrogens is 174 g/mol. The van der Waals surface area contributed by atoms with Crippen LogP contribution >= 0.6 is 0 Å². The van der Waals surface area contributed by atoms with Crippen LogP contribution in [0.3, 0.4) is 0 Å². The predicted octanol–water partition coefficient (Wildman–Crippen LogP) is 2.76. The van der Waals surface area contributed by atoms with Crippen LogP contribution < -0.4 is 5.32 Å². The lowest BCUT2D eigenvalue weighted by atomic mass is 9.87. The molecule has 2 nitrogen and oxygen atoms in total. The predicted molar refractivity (Wildman–Crippen MR) is 59.1 cm³/mol. The van der Waals surface area contributed by atoms with Crippen LogP contribution in [0.15, 0.2) is 24.3 Å². The van der Waals surface area contributed by atoms with Gasteiger partial charge in [-0.15, -0.1) is 0 Å². The first-order chi connectivity index (χ1) is 6.39. The Kier molecular flexibility index (Phi) is 2.94. The number of anilines is 1. The van der Waals surface area contributed by atoms with Gasteiger partial charge in [0.25, 0.3) is 0 Å². The van der Waals surface area contributed by atoms with Crippen molar-refractivity contribution in [3.05, 3.63) is 36.8 Å². The molecule has 1 N–H and O–H groups in total. The second-order valence-electron chi connectivity index (χ2n) is 4.38. The highest BCUT2D eigenvalue weighted by atomic mass is 16.1. The molecule has 1 aromatic rings. The molecule has 0 spiro atoms. The molecule has 0 aromatic heterocycles. The Morgan fingerprint density at radius 2 is 2.00 bits per heavy atom. The van der Waals surface area contributed by atoms with Crippen LogP contribution in [0.25, 0.3) is 0 Å². The highest BCUT2D eigenvalue weighted by Crippen LogP contribution is 2.24. The minimum atomic E-state index is -0.281. The van der Waals surface area contributed by atoms with Gasteiger partial charge in [-0.1, -0.05) is 32.9 Å². The number of carbonyl (C=O) groups is 1. The first-order valence-corrected chi connectivity index (χ1v) is 4.63. The molecule has 0 heterocycles. The van der Waals surface area contributed by atoms with Crippen LogP contribution in [0.2, 0.25) is 0 Å². The van der Waals surface area contributed by atoms with Gasteiger partial charge in [0.2, 0.25) is 5.91 Å². The smallest absolute Gasteiger partial charge is 0.224 e. The highest BCUT2D eigenvalue weighted by molar-refractivity contribution is 5.93. The van der Waals surface area contributed by atoms with Gasteiger partial charge in [-0.25, -0.2) is 0 Å². The van der Waals surface area contributed by atoms with Crippen molar-refractivity contribution in [3.8, 4) is 0 Å². The van der Waals surface area contributed by atoms with Crippen molar-refractivity contribution in [3.63, 3.8) is 0 Å². The summed E-state index contributed by atoms with van der Waals surface area (Å²) in [4.78, 5) is 10.8. The van der Waals surface area contributed by atoms with Crippen molar-refractivity contribution in [1.82, 2.24) is 0 Å². The number of benzene rings is 1. The quantitative estimate of drug-likeness (QED) is 0.724. The van der Waals surface area contributed by atoms with E-state index in [9.17, 15) is 4.79 Å². The summed E-state index contributed by atoms with van der Waals surface area (Å²) in [6.45, 7) is 9.69. The van der Waals surface area contributed by atoms with E-state index in [0.29, 0.717) is 0 Å². The Balaban J connectivity index is 2.95. The van der Waals surface area contributed by atoms with Gasteiger partial charge in [-0.3, -0.25) is 4.79 Å². The van der Waals surface area contributed by atoms with E-state index in [2.05, 4.69) is 39.1 Å². The third-order valence-electron chi connectivity index (χ3n) is 2.01. The van der Waals surface area contributed by atoms with E-state index in [4.69, 9.17) is 0 Å². The molecule has 0 unspecified atom stereocenters. The molecule has 1 amide bonds. The maximum Gasteiger partial charge on any atom is 0.224 e. The van der Waals surface area contributed by atoms with Crippen molar-refractivity contribution >= 4 is 11.6 Å². The lowest BCUT2D eigenvalue weighted by Gasteiger charge is -2.19. The van der Waals surface area contributed by atoms with Gasteiger partial charge >= 0.3 is 0 Å². The monoisotopic (exact) mass is 190 g/mol. The Bertz CT molecular complexity index is 336. The molecule has 0 bridgehead atoms. The lowest BCUT2D eigenvalue weighted by Crippen LogP contribution is -2.12. The zero-order valence-corrected chi connectivity index (χ0v) is 8.92. The van der Waals surface area contributed by atoms with Crippen LogP contribution in [-0.2, 0) is 10.2 Å². The zero-order chi connectivity index (χ0) is 10.8. The molecule has 0 aliphatic heterocycles. The summed E-state index contributed by atoms with van der Waals surface area (Å²) in [6.07, 6.45) is 0. The Hall–Kier alpha value is -1.31. The summed E-state index contributed by atoms with van der Waals surface area (Å²) in [7, 11) is 0. The summed E-state index contributed by atoms with van der Waals surface area (Å²) in [6, 6.07) is 7.83.